The van der Waals surface area contributed by atoms with E-state index >= 15 is 0 Å². The lowest BCUT2D eigenvalue weighted by molar-refractivity contribution is 0.117. The molecule has 94 valence electrons. The summed E-state index contributed by atoms with van der Waals surface area (Å²) in [5, 5.41) is 0. The van der Waals surface area contributed by atoms with Gasteiger partial charge in [0, 0.05) is 6.54 Å². The van der Waals surface area contributed by atoms with Crippen molar-refractivity contribution in [2.24, 2.45) is 11.7 Å². The second-order valence-electron chi connectivity index (χ2n) is 5.24. The molecule has 1 atom stereocenters. The standard InChI is InChI=1S/C15H22FN/c16-15(12-17,14-9-5-2-6-10-14)11-13-7-3-1-4-8-13/h2,5-6,9-10,13H,1,3-4,7-8,11-12,17H2. The van der Waals surface area contributed by atoms with Crippen LogP contribution in [0.4, 0.5) is 4.39 Å². The van der Waals surface area contributed by atoms with E-state index < -0.39 is 5.67 Å². The Labute approximate surface area is 103 Å². The third kappa shape index (κ3) is 3.06. The van der Waals surface area contributed by atoms with Crippen molar-refractivity contribution in [3.05, 3.63) is 35.9 Å². The third-order valence-electron chi connectivity index (χ3n) is 3.95. The Bertz CT molecular complexity index is 332. The summed E-state index contributed by atoms with van der Waals surface area (Å²) in [7, 11) is 0. The first-order chi connectivity index (χ1) is 8.24. The lowest BCUT2D eigenvalue weighted by Crippen LogP contribution is -2.33. The van der Waals surface area contributed by atoms with Gasteiger partial charge in [0.1, 0.15) is 5.67 Å². The minimum absolute atomic E-state index is 0.0908. The Morgan fingerprint density at radius 3 is 2.35 bits per heavy atom. The Balaban J connectivity index is 2.08. The van der Waals surface area contributed by atoms with Crippen molar-refractivity contribution in [1.29, 1.82) is 0 Å². The molecule has 1 aliphatic carbocycles. The lowest BCUT2D eigenvalue weighted by Gasteiger charge is -2.31. The zero-order valence-corrected chi connectivity index (χ0v) is 10.4. The number of halogens is 1. The van der Waals surface area contributed by atoms with Crippen molar-refractivity contribution < 1.29 is 4.39 Å². The van der Waals surface area contributed by atoms with Crippen LogP contribution in [-0.2, 0) is 5.67 Å². The number of hydrogen-bond acceptors (Lipinski definition) is 1. The summed E-state index contributed by atoms with van der Waals surface area (Å²) >= 11 is 0. The molecule has 2 heteroatoms. The van der Waals surface area contributed by atoms with Gasteiger partial charge in [-0.25, -0.2) is 4.39 Å². The average Bonchev–Trinajstić information content (AvgIpc) is 2.41. The van der Waals surface area contributed by atoms with Crippen LogP contribution in [0.1, 0.15) is 44.1 Å². The van der Waals surface area contributed by atoms with Crippen LogP contribution in [0.25, 0.3) is 0 Å². The molecule has 0 heterocycles. The molecule has 1 nitrogen and oxygen atoms in total. The van der Waals surface area contributed by atoms with Gasteiger partial charge in [0.05, 0.1) is 0 Å². The van der Waals surface area contributed by atoms with Crippen LogP contribution in [-0.4, -0.2) is 6.54 Å². The molecule has 0 aliphatic heterocycles. The zero-order valence-electron chi connectivity index (χ0n) is 10.4. The van der Waals surface area contributed by atoms with Crippen molar-refractivity contribution in [3.63, 3.8) is 0 Å². The van der Waals surface area contributed by atoms with Crippen LogP contribution in [0.2, 0.25) is 0 Å². The molecular weight excluding hydrogens is 213 g/mol. The number of hydrogen-bond donors (Lipinski definition) is 1. The lowest BCUT2D eigenvalue weighted by atomic mass is 9.79. The van der Waals surface area contributed by atoms with Gasteiger partial charge < -0.3 is 5.73 Å². The van der Waals surface area contributed by atoms with Crippen molar-refractivity contribution >= 4 is 0 Å². The van der Waals surface area contributed by atoms with E-state index in [2.05, 4.69) is 0 Å². The van der Waals surface area contributed by atoms with E-state index in [1.807, 2.05) is 30.3 Å². The molecule has 1 aromatic carbocycles. The van der Waals surface area contributed by atoms with E-state index in [1.165, 1.54) is 32.1 Å². The highest BCUT2D eigenvalue weighted by Gasteiger charge is 2.33. The van der Waals surface area contributed by atoms with E-state index in [-0.39, 0.29) is 6.54 Å². The summed E-state index contributed by atoms with van der Waals surface area (Å²) < 4.78 is 14.9. The van der Waals surface area contributed by atoms with Gasteiger partial charge in [0.2, 0.25) is 0 Å². The predicted octanol–water partition coefficient (Wildman–Crippen LogP) is 3.78. The van der Waals surface area contributed by atoms with Gasteiger partial charge in [-0.2, -0.15) is 0 Å². The molecule has 0 spiro atoms. The molecule has 0 radical (unpaired) electrons. The van der Waals surface area contributed by atoms with Gasteiger partial charge in [0.15, 0.2) is 0 Å². The Morgan fingerprint density at radius 1 is 1.12 bits per heavy atom. The summed E-state index contributed by atoms with van der Waals surface area (Å²) in [6.45, 7) is 0.0908. The fraction of sp³-hybridized carbons (Fsp3) is 0.600. The van der Waals surface area contributed by atoms with Gasteiger partial charge in [-0.1, -0.05) is 62.4 Å². The van der Waals surface area contributed by atoms with Crippen LogP contribution in [0.3, 0.4) is 0 Å². The molecule has 0 aromatic heterocycles. The second-order valence-corrected chi connectivity index (χ2v) is 5.24. The predicted molar refractivity (Wildman–Crippen MR) is 69.5 cm³/mol. The van der Waals surface area contributed by atoms with E-state index in [0.717, 1.165) is 5.56 Å². The third-order valence-corrected chi connectivity index (χ3v) is 3.95. The summed E-state index contributed by atoms with van der Waals surface area (Å²) in [6.07, 6.45) is 6.73. The normalized spacial score (nSPS) is 21.1. The van der Waals surface area contributed by atoms with Gasteiger partial charge >= 0.3 is 0 Å². The fourth-order valence-corrected chi connectivity index (χ4v) is 2.90. The smallest absolute Gasteiger partial charge is 0.148 e. The quantitative estimate of drug-likeness (QED) is 0.844. The van der Waals surface area contributed by atoms with E-state index in [1.54, 1.807) is 0 Å². The van der Waals surface area contributed by atoms with E-state index in [9.17, 15) is 4.39 Å². The largest absolute Gasteiger partial charge is 0.327 e. The van der Waals surface area contributed by atoms with E-state index in [4.69, 9.17) is 5.73 Å². The molecule has 1 unspecified atom stereocenters. The van der Waals surface area contributed by atoms with Gasteiger partial charge in [0.25, 0.3) is 0 Å². The minimum Gasteiger partial charge on any atom is -0.327 e. The van der Waals surface area contributed by atoms with Gasteiger partial charge in [-0.05, 0) is 17.9 Å². The molecular formula is C15H22FN. The van der Waals surface area contributed by atoms with Crippen molar-refractivity contribution in [2.45, 2.75) is 44.2 Å². The molecule has 2 N–H and O–H groups in total. The SMILES string of the molecule is NCC(F)(CC1CCCCC1)c1ccccc1. The Morgan fingerprint density at radius 2 is 1.76 bits per heavy atom. The highest BCUT2D eigenvalue weighted by Crippen LogP contribution is 2.37. The van der Waals surface area contributed by atoms with Crippen LogP contribution >= 0.6 is 0 Å². The average molecular weight is 235 g/mol. The molecule has 1 fully saturated rings. The number of alkyl halides is 1. The van der Waals surface area contributed by atoms with Gasteiger partial charge in [-0.3, -0.25) is 0 Å². The maximum atomic E-state index is 14.9. The molecule has 2 rings (SSSR count). The van der Waals surface area contributed by atoms with Crippen molar-refractivity contribution in [3.8, 4) is 0 Å². The molecule has 1 aromatic rings. The molecule has 0 saturated heterocycles. The topological polar surface area (TPSA) is 26.0 Å². The number of benzene rings is 1. The van der Waals surface area contributed by atoms with E-state index in [0.29, 0.717) is 12.3 Å². The molecule has 1 saturated carbocycles. The summed E-state index contributed by atoms with van der Waals surface area (Å²) in [5.41, 5.74) is 5.09. The maximum absolute atomic E-state index is 14.9. The Hall–Kier alpha value is -0.890. The fourth-order valence-electron chi connectivity index (χ4n) is 2.90. The highest BCUT2D eigenvalue weighted by atomic mass is 19.1. The maximum Gasteiger partial charge on any atom is 0.148 e. The summed E-state index contributed by atoms with van der Waals surface area (Å²) in [6, 6.07) is 9.41. The molecule has 0 amide bonds. The summed E-state index contributed by atoms with van der Waals surface area (Å²) in [5.74, 6) is 0.512. The first kappa shape index (κ1) is 12.6. The first-order valence-electron chi connectivity index (χ1n) is 6.69. The zero-order chi connectivity index (χ0) is 12.1. The van der Waals surface area contributed by atoms with Crippen LogP contribution in [0.5, 0.6) is 0 Å². The minimum atomic E-state index is -1.33. The van der Waals surface area contributed by atoms with Gasteiger partial charge in [-0.15, -0.1) is 0 Å². The van der Waals surface area contributed by atoms with Crippen molar-refractivity contribution in [1.82, 2.24) is 0 Å². The first-order valence-corrected chi connectivity index (χ1v) is 6.69. The van der Waals surface area contributed by atoms with Crippen molar-refractivity contribution in [2.75, 3.05) is 6.54 Å². The highest BCUT2D eigenvalue weighted by molar-refractivity contribution is 5.23. The molecule has 1 aliphatic rings. The van der Waals surface area contributed by atoms with Crippen LogP contribution in [0.15, 0.2) is 30.3 Å². The molecule has 17 heavy (non-hydrogen) atoms. The molecule has 0 bridgehead atoms. The van der Waals surface area contributed by atoms with Crippen LogP contribution < -0.4 is 5.73 Å². The Kier molecular flexibility index (Phi) is 4.16. The number of nitrogens with two attached hydrogens (primary N) is 1. The second kappa shape index (κ2) is 5.63. The van der Waals surface area contributed by atoms with Crippen LogP contribution in [0, 0.1) is 5.92 Å². The summed E-state index contributed by atoms with van der Waals surface area (Å²) in [4.78, 5) is 0. The monoisotopic (exact) mass is 235 g/mol. The number of rotatable bonds is 4.